The van der Waals surface area contributed by atoms with Crippen molar-refractivity contribution in [2.24, 2.45) is 5.92 Å². The Bertz CT molecular complexity index is 679. The van der Waals surface area contributed by atoms with Gasteiger partial charge >= 0.3 is 0 Å². The lowest BCUT2D eigenvalue weighted by Gasteiger charge is -2.27. The summed E-state index contributed by atoms with van der Waals surface area (Å²) >= 11 is 0. The van der Waals surface area contributed by atoms with Gasteiger partial charge < -0.3 is 10.6 Å². The van der Waals surface area contributed by atoms with Gasteiger partial charge in [-0.15, -0.1) is 0 Å². The molecule has 4 rings (SSSR count). The summed E-state index contributed by atoms with van der Waals surface area (Å²) in [6.07, 6.45) is 4.11. The van der Waals surface area contributed by atoms with E-state index in [2.05, 4.69) is 28.1 Å². The molecule has 2 amide bonds. The van der Waals surface area contributed by atoms with Crippen LogP contribution in [0.2, 0.25) is 0 Å². The summed E-state index contributed by atoms with van der Waals surface area (Å²) in [5.41, 5.74) is 3.15. The number of para-hydroxylation sites is 1. The molecule has 120 valence electrons. The normalized spacial score (nSPS) is 25.5. The van der Waals surface area contributed by atoms with Crippen molar-refractivity contribution >= 4 is 17.5 Å². The van der Waals surface area contributed by atoms with E-state index in [0.29, 0.717) is 24.8 Å². The Morgan fingerprint density at radius 2 is 2.04 bits per heavy atom. The van der Waals surface area contributed by atoms with Crippen molar-refractivity contribution < 1.29 is 9.59 Å². The monoisotopic (exact) mass is 311 g/mol. The summed E-state index contributed by atoms with van der Waals surface area (Å²) < 4.78 is 0. The Morgan fingerprint density at radius 3 is 2.83 bits per heavy atom. The van der Waals surface area contributed by atoms with Crippen LogP contribution >= 0.6 is 0 Å². The van der Waals surface area contributed by atoms with Crippen LogP contribution in [0.15, 0.2) is 35.9 Å². The highest BCUT2D eigenvalue weighted by atomic mass is 16.2. The maximum Gasteiger partial charge on any atom is 0.253 e. The van der Waals surface area contributed by atoms with Crippen molar-refractivity contribution in [3.8, 4) is 0 Å². The van der Waals surface area contributed by atoms with Crippen LogP contribution in [0.1, 0.15) is 30.7 Å². The summed E-state index contributed by atoms with van der Waals surface area (Å²) in [4.78, 5) is 24.3. The van der Waals surface area contributed by atoms with Crippen molar-refractivity contribution in [1.82, 2.24) is 10.6 Å². The third-order valence-electron chi connectivity index (χ3n) is 5.08. The molecule has 1 aromatic carbocycles. The average molecular weight is 311 g/mol. The zero-order valence-corrected chi connectivity index (χ0v) is 13.0. The fraction of sp³-hybridized carbons (Fsp3) is 0.444. The minimum atomic E-state index is -0.217. The number of fused-ring (bicyclic) bond motifs is 3. The van der Waals surface area contributed by atoms with E-state index in [-0.39, 0.29) is 17.7 Å². The van der Waals surface area contributed by atoms with Gasteiger partial charge in [-0.05, 0) is 43.5 Å². The fourth-order valence-corrected chi connectivity index (χ4v) is 3.70. The van der Waals surface area contributed by atoms with Gasteiger partial charge in [0.15, 0.2) is 0 Å². The molecule has 2 heterocycles. The number of anilines is 1. The van der Waals surface area contributed by atoms with Gasteiger partial charge in [0.1, 0.15) is 0 Å². The van der Waals surface area contributed by atoms with Gasteiger partial charge in [-0.3, -0.25) is 14.9 Å². The van der Waals surface area contributed by atoms with Gasteiger partial charge in [-0.1, -0.05) is 24.3 Å². The second-order valence-electron chi connectivity index (χ2n) is 6.70. The Hall–Kier alpha value is -2.14. The number of benzene rings is 1. The Balaban J connectivity index is 1.45. The third kappa shape index (κ3) is 2.77. The van der Waals surface area contributed by atoms with Gasteiger partial charge in [-0.25, -0.2) is 0 Å². The number of nitrogens with one attached hydrogen (secondary N) is 3. The van der Waals surface area contributed by atoms with Crippen molar-refractivity contribution in [1.29, 1.82) is 0 Å². The molecule has 5 heteroatoms. The van der Waals surface area contributed by atoms with E-state index in [0.717, 1.165) is 30.8 Å². The average Bonchev–Trinajstić information content (AvgIpc) is 2.88. The highest BCUT2D eigenvalue weighted by Crippen LogP contribution is 2.42. The molecule has 0 aromatic heterocycles. The molecule has 0 radical (unpaired) electrons. The first-order chi connectivity index (χ1) is 11.2. The van der Waals surface area contributed by atoms with Crippen LogP contribution in [0.4, 0.5) is 5.69 Å². The number of amides is 2. The van der Waals surface area contributed by atoms with E-state index in [4.69, 9.17) is 0 Å². The van der Waals surface area contributed by atoms with Crippen molar-refractivity contribution in [3.63, 3.8) is 0 Å². The highest BCUT2D eigenvalue weighted by Gasteiger charge is 2.34. The number of imide groups is 1. The van der Waals surface area contributed by atoms with Crippen LogP contribution < -0.4 is 16.0 Å². The lowest BCUT2D eigenvalue weighted by Crippen LogP contribution is -2.45. The molecule has 1 aromatic rings. The zero-order chi connectivity index (χ0) is 15.8. The first-order valence-electron chi connectivity index (χ1n) is 8.32. The van der Waals surface area contributed by atoms with E-state index >= 15 is 0 Å². The van der Waals surface area contributed by atoms with E-state index in [1.54, 1.807) is 0 Å². The van der Waals surface area contributed by atoms with Crippen LogP contribution in [0.3, 0.4) is 0 Å². The van der Waals surface area contributed by atoms with Crippen molar-refractivity contribution in [2.45, 2.75) is 31.2 Å². The molecule has 1 saturated heterocycles. The molecule has 1 aliphatic carbocycles. The predicted molar refractivity (Wildman–Crippen MR) is 88.0 cm³/mol. The zero-order valence-electron chi connectivity index (χ0n) is 13.0. The summed E-state index contributed by atoms with van der Waals surface area (Å²) in [5, 5.41) is 9.22. The first kappa shape index (κ1) is 14.5. The number of rotatable bonds is 3. The van der Waals surface area contributed by atoms with Crippen LogP contribution in [0, 0.1) is 5.92 Å². The molecular formula is C18H21N3O2. The minimum Gasteiger partial charge on any atom is -0.381 e. The molecular weight excluding hydrogens is 290 g/mol. The van der Waals surface area contributed by atoms with Crippen molar-refractivity contribution in [3.05, 3.63) is 41.5 Å². The standard InChI is InChI=1S/C18H21N3O2/c22-17(7-11-9-19-10-11)21-18(23)12-5-6-16-14(8-12)13-3-1-2-4-15(13)20-16/h1-4,8,11,14,16,19-20H,5-7,9-10H2,(H,21,22,23). The lowest BCUT2D eigenvalue weighted by molar-refractivity contribution is -0.129. The SMILES string of the molecule is O=C(CC1CNC1)NC(=O)C1=CC2c3ccccc3NC2CC1. The Kier molecular flexibility index (Phi) is 3.65. The van der Waals surface area contributed by atoms with Crippen molar-refractivity contribution in [2.75, 3.05) is 18.4 Å². The van der Waals surface area contributed by atoms with Crippen LogP contribution in [0.5, 0.6) is 0 Å². The molecule has 0 spiro atoms. The topological polar surface area (TPSA) is 70.2 Å². The van der Waals surface area contributed by atoms with Gasteiger partial charge in [0, 0.05) is 29.6 Å². The molecule has 5 nitrogen and oxygen atoms in total. The smallest absolute Gasteiger partial charge is 0.253 e. The number of carbonyl (C=O) groups excluding carboxylic acids is 2. The Morgan fingerprint density at radius 1 is 1.22 bits per heavy atom. The molecule has 2 unspecified atom stereocenters. The highest BCUT2D eigenvalue weighted by molar-refractivity contribution is 6.04. The maximum absolute atomic E-state index is 12.4. The second kappa shape index (κ2) is 5.81. The number of hydrogen-bond acceptors (Lipinski definition) is 4. The number of carbonyl (C=O) groups is 2. The lowest BCUT2D eigenvalue weighted by atomic mass is 9.84. The summed E-state index contributed by atoms with van der Waals surface area (Å²) in [5.74, 6) is 0.227. The van der Waals surface area contributed by atoms with E-state index in [1.165, 1.54) is 5.56 Å². The molecule has 3 aliphatic rings. The molecule has 2 aliphatic heterocycles. The molecule has 0 bridgehead atoms. The van der Waals surface area contributed by atoms with Crippen LogP contribution in [0.25, 0.3) is 0 Å². The first-order valence-corrected chi connectivity index (χ1v) is 8.32. The van der Waals surface area contributed by atoms with Gasteiger partial charge in [0.05, 0.1) is 0 Å². The maximum atomic E-state index is 12.4. The largest absolute Gasteiger partial charge is 0.381 e. The van der Waals surface area contributed by atoms with Crippen LogP contribution in [-0.4, -0.2) is 30.9 Å². The molecule has 2 atom stereocenters. The molecule has 0 saturated carbocycles. The van der Waals surface area contributed by atoms with Gasteiger partial charge in [0.2, 0.25) is 5.91 Å². The minimum absolute atomic E-state index is 0.158. The molecule has 23 heavy (non-hydrogen) atoms. The quantitative estimate of drug-likeness (QED) is 0.792. The second-order valence-corrected chi connectivity index (χ2v) is 6.70. The fourth-order valence-electron chi connectivity index (χ4n) is 3.70. The van der Waals surface area contributed by atoms with Gasteiger partial charge in [-0.2, -0.15) is 0 Å². The summed E-state index contributed by atoms with van der Waals surface area (Å²) in [7, 11) is 0. The van der Waals surface area contributed by atoms with E-state index < -0.39 is 0 Å². The van der Waals surface area contributed by atoms with E-state index in [1.807, 2.05) is 18.2 Å². The van der Waals surface area contributed by atoms with E-state index in [9.17, 15) is 9.59 Å². The Labute approximate surface area is 135 Å². The third-order valence-corrected chi connectivity index (χ3v) is 5.08. The molecule has 3 N–H and O–H groups in total. The van der Waals surface area contributed by atoms with Gasteiger partial charge in [0.25, 0.3) is 5.91 Å². The van der Waals surface area contributed by atoms with Crippen LogP contribution in [-0.2, 0) is 9.59 Å². The summed E-state index contributed by atoms with van der Waals surface area (Å²) in [6.45, 7) is 1.74. The molecule has 1 fully saturated rings. The summed E-state index contributed by atoms with van der Waals surface area (Å²) in [6, 6.07) is 8.60. The number of hydrogen-bond donors (Lipinski definition) is 3. The predicted octanol–water partition coefficient (Wildman–Crippen LogP) is 1.54.